The minimum Gasteiger partial charge on any atom is -0.382 e. The van der Waals surface area contributed by atoms with Gasteiger partial charge in [-0.05, 0) is 49.9 Å². The maximum absolute atomic E-state index is 5.55. The van der Waals surface area contributed by atoms with E-state index >= 15 is 0 Å². The molecule has 2 nitrogen and oxygen atoms in total. The second kappa shape index (κ2) is 6.55. The highest BCUT2D eigenvalue weighted by Gasteiger charge is 2.29. The molecule has 0 aromatic rings. The zero-order valence-corrected chi connectivity index (χ0v) is 11.3. The first-order chi connectivity index (χ1) is 8.28. The van der Waals surface area contributed by atoms with Crippen LogP contribution in [-0.2, 0) is 9.47 Å². The lowest BCUT2D eigenvalue weighted by atomic mass is 9.69. The number of hydrogen-bond donors (Lipinski definition) is 0. The maximum Gasteiger partial charge on any atom is 0.0700 e. The third-order valence-electron chi connectivity index (χ3n) is 4.10. The highest BCUT2D eigenvalue weighted by molar-refractivity contribution is 5.11. The van der Waals surface area contributed by atoms with Crippen molar-refractivity contribution in [1.29, 1.82) is 0 Å². The third-order valence-corrected chi connectivity index (χ3v) is 4.10. The minimum absolute atomic E-state index is 0.710. The van der Waals surface area contributed by atoms with Gasteiger partial charge in [-0.3, -0.25) is 0 Å². The van der Waals surface area contributed by atoms with Crippen molar-refractivity contribution in [3.63, 3.8) is 0 Å². The monoisotopic (exact) mass is 238 g/mol. The van der Waals surface area contributed by atoms with E-state index in [1.807, 2.05) is 0 Å². The lowest BCUT2D eigenvalue weighted by molar-refractivity contribution is 0.0711. The van der Waals surface area contributed by atoms with Gasteiger partial charge in [-0.2, -0.15) is 0 Å². The van der Waals surface area contributed by atoms with Crippen molar-refractivity contribution in [2.24, 2.45) is 17.8 Å². The van der Waals surface area contributed by atoms with Crippen LogP contribution in [0.1, 0.15) is 39.0 Å². The van der Waals surface area contributed by atoms with Crippen molar-refractivity contribution >= 4 is 0 Å². The molecule has 3 atom stereocenters. The normalized spacial score (nSPS) is 32.4. The predicted molar refractivity (Wildman–Crippen MR) is 70.0 cm³/mol. The van der Waals surface area contributed by atoms with E-state index in [9.17, 15) is 0 Å². The molecule has 2 aliphatic rings. The zero-order valence-electron chi connectivity index (χ0n) is 11.3. The largest absolute Gasteiger partial charge is 0.382 e. The van der Waals surface area contributed by atoms with Gasteiger partial charge in [0.1, 0.15) is 0 Å². The lowest BCUT2D eigenvalue weighted by Crippen LogP contribution is -2.24. The summed E-state index contributed by atoms with van der Waals surface area (Å²) in [5.41, 5.74) is 1.65. The van der Waals surface area contributed by atoms with Gasteiger partial charge in [-0.25, -0.2) is 0 Å². The van der Waals surface area contributed by atoms with Gasteiger partial charge in [-0.15, -0.1) is 0 Å². The Morgan fingerprint density at radius 1 is 1.18 bits per heavy atom. The molecule has 0 radical (unpaired) electrons. The van der Waals surface area contributed by atoms with Crippen LogP contribution in [0.4, 0.5) is 0 Å². The van der Waals surface area contributed by atoms with Crippen LogP contribution in [0.15, 0.2) is 11.6 Å². The number of fused-ring (bicyclic) bond motifs is 2. The van der Waals surface area contributed by atoms with E-state index in [1.54, 1.807) is 12.7 Å². The van der Waals surface area contributed by atoms with Crippen LogP contribution in [0.2, 0.25) is 0 Å². The van der Waals surface area contributed by atoms with Crippen LogP contribution in [-0.4, -0.2) is 26.9 Å². The van der Waals surface area contributed by atoms with Gasteiger partial charge in [0, 0.05) is 7.11 Å². The van der Waals surface area contributed by atoms with Gasteiger partial charge in [0.15, 0.2) is 0 Å². The molecule has 0 amide bonds. The molecule has 0 aliphatic heterocycles. The molecule has 0 spiro atoms. The Morgan fingerprint density at radius 2 is 2.06 bits per heavy atom. The van der Waals surface area contributed by atoms with E-state index in [0.717, 1.165) is 37.4 Å². The molecule has 0 aromatic heterocycles. The second-order valence-corrected chi connectivity index (χ2v) is 5.82. The van der Waals surface area contributed by atoms with Crippen LogP contribution >= 0.6 is 0 Å². The smallest absolute Gasteiger partial charge is 0.0700 e. The van der Waals surface area contributed by atoms with E-state index in [-0.39, 0.29) is 0 Å². The van der Waals surface area contributed by atoms with Crippen molar-refractivity contribution in [2.45, 2.75) is 39.0 Å². The summed E-state index contributed by atoms with van der Waals surface area (Å²) in [6.07, 6.45) is 9.30. The quantitative estimate of drug-likeness (QED) is 0.521. The molecule has 0 N–H and O–H groups in total. The molecule has 3 unspecified atom stereocenters. The highest BCUT2D eigenvalue weighted by Crippen LogP contribution is 2.42. The topological polar surface area (TPSA) is 18.5 Å². The van der Waals surface area contributed by atoms with Crippen LogP contribution in [0.5, 0.6) is 0 Å². The fourth-order valence-corrected chi connectivity index (χ4v) is 3.51. The van der Waals surface area contributed by atoms with Crippen molar-refractivity contribution in [3.05, 3.63) is 11.6 Å². The average molecular weight is 238 g/mol. The van der Waals surface area contributed by atoms with E-state index in [4.69, 9.17) is 9.47 Å². The molecule has 98 valence electrons. The molecular formula is C15H26O2. The Labute approximate surface area is 105 Å². The molecule has 1 saturated carbocycles. The number of allylic oxidation sites excluding steroid dienone is 1. The molecular weight excluding hydrogens is 212 g/mol. The SMILES string of the molecule is COCCOCCC1=CC2CC(C)CC(C1)C2. The Hall–Kier alpha value is -0.340. The van der Waals surface area contributed by atoms with E-state index in [2.05, 4.69) is 13.0 Å². The summed E-state index contributed by atoms with van der Waals surface area (Å²) < 4.78 is 10.5. The summed E-state index contributed by atoms with van der Waals surface area (Å²) in [6.45, 7) is 4.71. The Morgan fingerprint density at radius 3 is 2.82 bits per heavy atom. The lowest BCUT2D eigenvalue weighted by Gasteiger charge is -2.37. The predicted octanol–water partition coefficient (Wildman–Crippen LogP) is 3.42. The van der Waals surface area contributed by atoms with Crippen molar-refractivity contribution < 1.29 is 9.47 Å². The second-order valence-electron chi connectivity index (χ2n) is 5.82. The third kappa shape index (κ3) is 4.11. The molecule has 0 aromatic carbocycles. The number of ether oxygens (including phenoxy) is 2. The van der Waals surface area contributed by atoms with Gasteiger partial charge in [0.2, 0.25) is 0 Å². The van der Waals surface area contributed by atoms with E-state index in [1.165, 1.54) is 25.7 Å². The Balaban J connectivity index is 1.71. The summed E-state index contributed by atoms with van der Waals surface area (Å²) >= 11 is 0. The van der Waals surface area contributed by atoms with Crippen LogP contribution < -0.4 is 0 Å². The summed E-state index contributed by atoms with van der Waals surface area (Å²) in [6, 6.07) is 0. The Kier molecular flexibility index (Phi) is 5.05. The first-order valence-electron chi connectivity index (χ1n) is 7.04. The summed E-state index contributed by atoms with van der Waals surface area (Å²) in [5.74, 6) is 2.77. The summed E-state index contributed by atoms with van der Waals surface area (Å²) in [4.78, 5) is 0. The molecule has 1 fully saturated rings. The number of methoxy groups -OCH3 is 1. The first kappa shape index (κ1) is 13.1. The van der Waals surface area contributed by atoms with Crippen LogP contribution in [0.3, 0.4) is 0 Å². The molecule has 2 bridgehead atoms. The summed E-state index contributed by atoms with van der Waals surface area (Å²) in [7, 11) is 1.72. The van der Waals surface area contributed by atoms with Crippen molar-refractivity contribution in [3.8, 4) is 0 Å². The standard InChI is InChI=1S/C15H26O2/c1-12-7-14-9-13(10-15(8-12)11-14)3-4-17-6-5-16-2/h9,12,14-15H,3-8,10-11H2,1-2H3. The van der Waals surface area contributed by atoms with Gasteiger partial charge in [-0.1, -0.05) is 18.6 Å². The van der Waals surface area contributed by atoms with Gasteiger partial charge >= 0.3 is 0 Å². The molecule has 2 aliphatic carbocycles. The van der Waals surface area contributed by atoms with E-state index < -0.39 is 0 Å². The number of hydrogen-bond acceptors (Lipinski definition) is 2. The minimum atomic E-state index is 0.710. The van der Waals surface area contributed by atoms with Crippen LogP contribution in [0.25, 0.3) is 0 Å². The summed E-state index contributed by atoms with van der Waals surface area (Å²) in [5, 5.41) is 0. The molecule has 2 heteroatoms. The molecule has 2 rings (SSSR count). The van der Waals surface area contributed by atoms with Gasteiger partial charge in [0.05, 0.1) is 19.8 Å². The van der Waals surface area contributed by atoms with Crippen molar-refractivity contribution in [1.82, 2.24) is 0 Å². The number of rotatable bonds is 6. The zero-order chi connectivity index (χ0) is 12.1. The first-order valence-corrected chi connectivity index (χ1v) is 7.04. The average Bonchev–Trinajstić information content (AvgIpc) is 2.27. The fourth-order valence-electron chi connectivity index (χ4n) is 3.51. The van der Waals surface area contributed by atoms with Crippen LogP contribution in [0, 0.1) is 17.8 Å². The van der Waals surface area contributed by atoms with E-state index in [0.29, 0.717) is 6.61 Å². The molecule has 0 heterocycles. The molecule has 17 heavy (non-hydrogen) atoms. The Bertz CT molecular complexity index is 260. The fraction of sp³-hybridized carbons (Fsp3) is 0.867. The molecule has 0 saturated heterocycles. The van der Waals surface area contributed by atoms with Gasteiger partial charge in [0.25, 0.3) is 0 Å². The highest BCUT2D eigenvalue weighted by atomic mass is 16.5. The van der Waals surface area contributed by atoms with Gasteiger partial charge < -0.3 is 9.47 Å². The maximum atomic E-state index is 5.55. The van der Waals surface area contributed by atoms with Crippen molar-refractivity contribution in [2.75, 3.05) is 26.9 Å².